The Morgan fingerprint density at radius 2 is 2.03 bits per heavy atom. The number of methoxy groups -OCH3 is 1. The topological polar surface area (TPSA) is 84.2 Å². The first kappa shape index (κ1) is 22.1. The van der Waals surface area contributed by atoms with Crippen molar-refractivity contribution in [1.82, 2.24) is 4.98 Å². The van der Waals surface area contributed by atoms with Crippen LogP contribution in [0.1, 0.15) is 29.2 Å². The van der Waals surface area contributed by atoms with Gasteiger partial charge in [-0.3, -0.25) is 0 Å². The number of nitrogens with zero attached hydrogens (tertiary/aromatic N) is 2. The molecule has 31 heavy (non-hydrogen) atoms. The van der Waals surface area contributed by atoms with Gasteiger partial charge in [-0.05, 0) is 42.3 Å². The van der Waals surface area contributed by atoms with E-state index >= 15 is 0 Å². The number of rotatable bonds is 8. The van der Waals surface area contributed by atoms with Crippen LogP contribution in [0.2, 0.25) is 0 Å². The summed E-state index contributed by atoms with van der Waals surface area (Å²) in [6.45, 7) is 4.36. The van der Waals surface area contributed by atoms with Gasteiger partial charge in [0, 0.05) is 22.8 Å². The summed E-state index contributed by atoms with van der Waals surface area (Å²) in [6, 6.07) is 16.7. The maximum Gasteiger partial charge on any atom is 0.338 e. The normalized spacial score (nSPS) is 11.1. The van der Waals surface area contributed by atoms with Gasteiger partial charge in [-0.2, -0.15) is 5.26 Å². The zero-order valence-electron chi connectivity index (χ0n) is 17.6. The average Bonchev–Trinajstić information content (AvgIpc) is 3.28. The lowest BCUT2D eigenvalue weighted by Crippen LogP contribution is -2.10. The Labute approximate surface area is 185 Å². The van der Waals surface area contributed by atoms with E-state index in [0.717, 1.165) is 22.7 Å². The number of nitrogens with one attached hydrogen (secondary N) is 1. The van der Waals surface area contributed by atoms with E-state index < -0.39 is 0 Å². The summed E-state index contributed by atoms with van der Waals surface area (Å²) in [5.41, 5.74) is 3.35. The van der Waals surface area contributed by atoms with Crippen LogP contribution >= 0.6 is 11.3 Å². The molecule has 1 N–H and O–H groups in total. The zero-order valence-corrected chi connectivity index (χ0v) is 18.4. The van der Waals surface area contributed by atoms with E-state index in [9.17, 15) is 10.1 Å². The van der Waals surface area contributed by atoms with E-state index in [4.69, 9.17) is 9.47 Å². The van der Waals surface area contributed by atoms with Gasteiger partial charge in [0.25, 0.3) is 0 Å². The maximum absolute atomic E-state index is 12.0. The Kier molecular flexibility index (Phi) is 7.41. The van der Waals surface area contributed by atoms with Gasteiger partial charge < -0.3 is 14.8 Å². The SMILES string of the molecule is COc1cccc(-c2csc(/C(C#N)=C/Nc3ccc(C(=O)OCC(C)C)cc3)n2)c1. The first-order valence-corrected chi connectivity index (χ1v) is 10.6. The number of thiazole rings is 1. The van der Waals surface area contributed by atoms with Crippen LogP contribution < -0.4 is 10.1 Å². The van der Waals surface area contributed by atoms with Gasteiger partial charge in [0.2, 0.25) is 0 Å². The highest BCUT2D eigenvalue weighted by atomic mass is 32.1. The molecule has 3 rings (SSSR count). The second-order valence-corrected chi connectivity index (χ2v) is 8.01. The molecule has 3 aromatic rings. The lowest BCUT2D eigenvalue weighted by Gasteiger charge is -2.07. The fraction of sp³-hybridized carbons (Fsp3) is 0.208. The predicted octanol–water partition coefficient (Wildman–Crippen LogP) is 5.61. The highest BCUT2D eigenvalue weighted by Crippen LogP contribution is 2.28. The number of carbonyl (C=O) groups is 1. The van der Waals surface area contributed by atoms with Gasteiger partial charge in [0.1, 0.15) is 22.4 Å². The van der Waals surface area contributed by atoms with Crippen LogP contribution in [0.3, 0.4) is 0 Å². The molecular weight excluding hydrogens is 410 g/mol. The second-order valence-electron chi connectivity index (χ2n) is 7.15. The maximum atomic E-state index is 12.0. The van der Waals surface area contributed by atoms with E-state index in [2.05, 4.69) is 16.4 Å². The molecule has 0 aliphatic heterocycles. The predicted molar refractivity (Wildman–Crippen MR) is 123 cm³/mol. The minimum Gasteiger partial charge on any atom is -0.497 e. The molecule has 0 atom stereocenters. The van der Waals surface area contributed by atoms with Crippen LogP contribution in [-0.2, 0) is 4.74 Å². The molecule has 0 saturated heterocycles. The Morgan fingerprint density at radius 3 is 2.71 bits per heavy atom. The lowest BCUT2D eigenvalue weighted by atomic mass is 10.1. The van der Waals surface area contributed by atoms with Gasteiger partial charge in [0.05, 0.1) is 25.0 Å². The summed E-state index contributed by atoms with van der Waals surface area (Å²) >= 11 is 1.40. The molecule has 0 bridgehead atoms. The summed E-state index contributed by atoms with van der Waals surface area (Å²) < 4.78 is 10.5. The number of carbonyl (C=O) groups excluding carboxylic acids is 1. The van der Waals surface area contributed by atoms with Crippen molar-refractivity contribution in [3.8, 4) is 23.1 Å². The smallest absolute Gasteiger partial charge is 0.338 e. The monoisotopic (exact) mass is 433 g/mol. The molecule has 0 saturated carbocycles. The van der Waals surface area contributed by atoms with Crippen LogP contribution in [0, 0.1) is 17.2 Å². The fourth-order valence-corrected chi connectivity index (χ4v) is 3.43. The average molecular weight is 434 g/mol. The standard InChI is InChI=1S/C24H23N3O3S/c1-16(2)14-30-24(28)17-7-9-20(10-8-17)26-13-19(12-25)23-27-22(15-31-23)18-5-4-6-21(11-18)29-3/h4-11,13,15-16,26H,14H2,1-3H3/b19-13+. The van der Waals surface area contributed by atoms with Crippen molar-refractivity contribution in [3.05, 3.63) is 70.7 Å². The van der Waals surface area contributed by atoms with E-state index in [1.807, 2.05) is 43.5 Å². The van der Waals surface area contributed by atoms with Gasteiger partial charge in [-0.1, -0.05) is 26.0 Å². The van der Waals surface area contributed by atoms with Crippen molar-refractivity contribution in [3.63, 3.8) is 0 Å². The number of hydrogen-bond acceptors (Lipinski definition) is 7. The van der Waals surface area contributed by atoms with Crippen molar-refractivity contribution < 1.29 is 14.3 Å². The number of nitriles is 1. The second kappa shape index (κ2) is 10.4. The van der Waals surface area contributed by atoms with E-state index in [1.165, 1.54) is 11.3 Å². The lowest BCUT2D eigenvalue weighted by molar-refractivity contribution is 0.0459. The number of hydrogen-bond donors (Lipinski definition) is 1. The highest BCUT2D eigenvalue weighted by molar-refractivity contribution is 7.11. The molecule has 1 aromatic heterocycles. The van der Waals surface area contributed by atoms with Crippen molar-refractivity contribution >= 4 is 28.6 Å². The number of ether oxygens (including phenoxy) is 2. The summed E-state index contributed by atoms with van der Waals surface area (Å²) in [7, 11) is 1.62. The van der Waals surface area contributed by atoms with E-state index in [1.54, 1.807) is 37.6 Å². The molecule has 7 heteroatoms. The fourth-order valence-electron chi connectivity index (χ4n) is 2.64. The van der Waals surface area contributed by atoms with Gasteiger partial charge in [-0.25, -0.2) is 9.78 Å². The third-order valence-corrected chi connectivity index (χ3v) is 5.15. The quantitative estimate of drug-likeness (QED) is 0.367. The van der Waals surface area contributed by atoms with Crippen LogP contribution in [0.15, 0.2) is 60.1 Å². The van der Waals surface area contributed by atoms with Gasteiger partial charge >= 0.3 is 5.97 Å². The van der Waals surface area contributed by atoms with E-state index in [-0.39, 0.29) is 11.9 Å². The number of esters is 1. The molecular formula is C24H23N3O3S. The Morgan fingerprint density at radius 1 is 1.26 bits per heavy atom. The van der Waals surface area contributed by atoms with Crippen molar-refractivity contribution in [2.75, 3.05) is 19.0 Å². The number of allylic oxidation sites excluding steroid dienone is 1. The molecule has 0 unspecified atom stereocenters. The Bertz CT molecular complexity index is 1110. The molecule has 0 spiro atoms. The van der Waals surface area contributed by atoms with Crippen LogP contribution in [0.5, 0.6) is 5.75 Å². The van der Waals surface area contributed by atoms with Crippen LogP contribution in [0.4, 0.5) is 5.69 Å². The molecule has 158 valence electrons. The highest BCUT2D eigenvalue weighted by Gasteiger charge is 2.10. The van der Waals surface area contributed by atoms with Gasteiger partial charge in [-0.15, -0.1) is 11.3 Å². The molecule has 2 aromatic carbocycles. The first-order chi connectivity index (χ1) is 15.0. The Balaban J connectivity index is 1.69. The number of aromatic nitrogens is 1. The molecule has 6 nitrogen and oxygen atoms in total. The molecule has 0 aliphatic rings. The third kappa shape index (κ3) is 5.93. The summed E-state index contributed by atoms with van der Waals surface area (Å²) in [5.74, 6) is 0.692. The Hall–Kier alpha value is -3.63. The first-order valence-electron chi connectivity index (χ1n) is 9.74. The molecule has 1 heterocycles. The minimum absolute atomic E-state index is 0.287. The van der Waals surface area contributed by atoms with Gasteiger partial charge in [0.15, 0.2) is 0 Å². The van der Waals surface area contributed by atoms with E-state index in [0.29, 0.717) is 22.8 Å². The largest absolute Gasteiger partial charge is 0.497 e. The summed E-state index contributed by atoms with van der Waals surface area (Å²) in [6.07, 6.45) is 1.61. The molecule has 0 amide bonds. The molecule has 0 radical (unpaired) electrons. The third-order valence-electron chi connectivity index (χ3n) is 4.27. The number of anilines is 1. The summed E-state index contributed by atoms with van der Waals surface area (Å²) in [4.78, 5) is 16.6. The van der Waals surface area contributed by atoms with Crippen LogP contribution in [0.25, 0.3) is 16.8 Å². The number of benzene rings is 2. The van der Waals surface area contributed by atoms with Crippen LogP contribution in [-0.4, -0.2) is 24.7 Å². The summed E-state index contributed by atoms with van der Waals surface area (Å²) in [5, 5.41) is 15.2. The minimum atomic E-state index is -0.346. The molecule has 0 aliphatic carbocycles. The zero-order chi connectivity index (χ0) is 22.2. The van der Waals surface area contributed by atoms with Crippen molar-refractivity contribution in [1.29, 1.82) is 5.26 Å². The molecule has 0 fully saturated rings. The van der Waals surface area contributed by atoms with Crippen molar-refractivity contribution in [2.45, 2.75) is 13.8 Å². The van der Waals surface area contributed by atoms with Crippen molar-refractivity contribution in [2.24, 2.45) is 5.92 Å².